The van der Waals surface area contributed by atoms with Crippen molar-refractivity contribution >= 4 is 0 Å². The van der Waals surface area contributed by atoms with Crippen LogP contribution in [0.2, 0.25) is 0 Å². The molecule has 1 saturated heterocycles. The zero-order valence-electron chi connectivity index (χ0n) is 11.5. The molecule has 3 N–H and O–H groups in total. The summed E-state index contributed by atoms with van der Waals surface area (Å²) >= 11 is 0. The molecule has 2 unspecified atom stereocenters. The first kappa shape index (κ1) is 16.1. The molecule has 1 heterocycles. The number of alkyl halides is 3. The maximum Gasteiger partial charge on any atom is 0.573 e. The molecule has 0 bridgehead atoms. The van der Waals surface area contributed by atoms with Crippen LogP contribution in [0.15, 0.2) is 24.3 Å². The van der Waals surface area contributed by atoms with Gasteiger partial charge in [0.25, 0.3) is 0 Å². The molecule has 2 rings (SSSR count). The monoisotopic (exact) mass is 304 g/mol. The van der Waals surface area contributed by atoms with Crippen LogP contribution in [-0.2, 0) is 4.74 Å². The second kappa shape index (κ2) is 7.11. The predicted octanol–water partition coefficient (Wildman–Crippen LogP) is 2.35. The molecule has 1 aliphatic rings. The lowest BCUT2D eigenvalue weighted by molar-refractivity contribution is -0.274. The van der Waals surface area contributed by atoms with Gasteiger partial charge in [0, 0.05) is 25.7 Å². The summed E-state index contributed by atoms with van der Waals surface area (Å²) in [6, 6.07) is 5.63. The first-order valence-electron chi connectivity index (χ1n) is 6.88. The lowest BCUT2D eigenvalue weighted by Gasteiger charge is -2.20. The minimum absolute atomic E-state index is 0.117. The van der Waals surface area contributed by atoms with Crippen molar-refractivity contribution in [3.05, 3.63) is 29.8 Å². The molecule has 0 spiro atoms. The lowest BCUT2D eigenvalue weighted by atomic mass is 10.1. The van der Waals surface area contributed by atoms with Gasteiger partial charge in [0.05, 0.1) is 6.10 Å². The van der Waals surface area contributed by atoms with Gasteiger partial charge < -0.3 is 20.5 Å². The Morgan fingerprint density at radius 3 is 2.57 bits per heavy atom. The van der Waals surface area contributed by atoms with E-state index in [0.717, 1.165) is 25.0 Å². The molecule has 118 valence electrons. The Balaban J connectivity index is 1.91. The maximum absolute atomic E-state index is 12.1. The number of benzene rings is 1. The Kier molecular flexibility index (Phi) is 5.44. The highest BCUT2D eigenvalue weighted by Crippen LogP contribution is 2.24. The van der Waals surface area contributed by atoms with Crippen molar-refractivity contribution in [2.45, 2.75) is 31.3 Å². The highest BCUT2D eigenvalue weighted by atomic mass is 19.4. The normalized spacial score (nSPS) is 20.5. The summed E-state index contributed by atoms with van der Waals surface area (Å²) in [5.74, 6) is -0.235. The molecule has 0 saturated carbocycles. The Morgan fingerprint density at radius 2 is 2.05 bits per heavy atom. The Bertz CT molecular complexity index is 431. The molecule has 7 heteroatoms. The number of hydrogen-bond acceptors (Lipinski definition) is 4. The summed E-state index contributed by atoms with van der Waals surface area (Å²) in [4.78, 5) is 0. The van der Waals surface area contributed by atoms with Gasteiger partial charge in [-0.3, -0.25) is 0 Å². The van der Waals surface area contributed by atoms with Gasteiger partial charge in [-0.15, -0.1) is 13.2 Å². The third-order valence-corrected chi connectivity index (χ3v) is 3.37. The number of nitrogens with two attached hydrogens (primary N) is 1. The zero-order valence-corrected chi connectivity index (χ0v) is 11.5. The van der Waals surface area contributed by atoms with Gasteiger partial charge in [-0.1, -0.05) is 12.1 Å². The van der Waals surface area contributed by atoms with Gasteiger partial charge in [-0.2, -0.15) is 0 Å². The van der Waals surface area contributed by atoms with Gasteiger partial charge in [-0.25, -0.2) is 0 Å². The van der Waals surface area contributed by atoms with Gasteiger partial charge in [0.2, 0.25) is 0 Å². The summed E-state index contributed by atoms with van der Waals surface area (Å²) in [6.07, 6.45) is -2.41. The van der Waals surface area contributed by atoms with Gasteiger partial charge >= 0.3 is 6.36 Å². The second-order valence-electron chi connectivity index (χ2n) is 4.95. The Morgan fingerprint density at radius 1 is 1.33 bits per heavy atom. The molecule has 0 amide bonds. The summed E-state index contributed by atoms with van der Waals surface area (Å²) in [5, 5.41) is 3.28. The van der Waals surface area contributed by atoms with Crippen molar-refractivity contribution in [3.63, 3.8) is 0 Å². The molecule has 1 aromatic carbocycles. The van der Waals surface area contributed by atoms with Gasteiger partial charge in [0.15, 0.2) is 0 Å². The molecule has 4 nitrogen and oxygen atoms in total. The first-order valence-corrected chi connectivity index (χ1v) is 6.88. The molecular formula is C14H19F3N2O2. The molecule has 21 heavy (non-hydrogen) atoms. The molecule has 1 aliphatic heterocycles. The number of rotatable bonds is 6. The lowest BCUT2D eigenvalue weighted by Crippen LogP contribution is -2.34. The quantitative estimate of drug-likeness (QED) is 0.847. The van der Waals surface area contributed by atoms with Crippen LogP contribution >= 0.6 is 0 Å². The first-order chi connectivity index (χ1) is 9.98. The summed E-state index contributed by atoms with van der Waals surface area (Å²) in [5.41, 5.74) is 6.54. The van der Waals surface area contributed by atoms with Crippen molar-refractivity contribution in [1.29, 1.82) is 0 Å². The van der Waals surface area contributed by atoms with E-state index < -0.39 is 6.36 Å². The van der Waals surface area contributed by atoms with E-state index in [1.807, 2.05) is 0 Å². The van der Waals surface area contributed by atoms with Crippen LogP contribution in [0.5, 0.6) is 5.75 Å². The van der Waals surface area contributed by atoms with E-state index in [1.165, 1.54) is 12.1 Å². The number of nitrogens with one attached hydrogen (secondary N) is 1. The van der Waals surface area contributed by atoms with Crippen molar-refractivity contribution in [1.82, 2.24) is 5.32 Å². The Hall–Kier alpha value is -1.31. The highest BCUT2D eigenvalue weighted by Gasteiger charge is 2.31. The van der Waals surface area contributed by atoms with E-state index in [9.17, 15) is 13.2 Å². The largest absolute Gasteiger partial charge is 0.573 e. The third kappa shape index (κ3) is 5.18. The number of halogens is 3. The van der Waals surface area contributed by atoms with Crippen molar-refractivity contribution < 1.29 is 22.6 Å². The van der Waals surface area contributed by atoms with E-state index in [4.69, 9.17) is 10.5 Å². The predicted molar refractivity (Wildman–Crippen MR) is 71.9 cm³/mol. The summed E-state index contributed by atoms with van der Waals surface area (Å²) in [7, 11) is 0. The van der Waals surface area contributed by atoms with Crippen LogP contribution in [0.3, 0.4) is 0 Å². The molecule has 0 aromatic heterocycles. The van der Waals surface area contributed by atoms with Crippen LogP contribution in [0.25, 0.3) is 0 Å². The molecule has 1 fully saturated rings. The van der Waals surface area contributed by atoms with Gasteiger partial charge in [0.1, 0.15) is 5.75 Å². The molecule has 0 radical (unpaired) electrons. The molecule has 1 aromatic rings. The fourth-order valence-electron chi connectivity index (χ4n) is 2.32. The van der Waals surface area contributed by atoms with E-state index >= 15 is 0 Å². The summed E-state index contributed by atoms with van der Waals surface area (Å²) < 4.78 is 45.6. The van der Waals surface area contributed by atoms with E-state index in [1.54, 1.807) is 12.1 Å². The van der Waals surface area contributed by atoms with Crippen molar-refractivity contribution in [3.8, 4) is 5.75 Å². The molecular weight excluding hydrogens is 285 g/mol. The average Bonchev–Trinajstić information content (AvgIpc) is 2.92. The topological polar surface area (TPSA) is 56.5 Å². The van der Waals surface area contributed by atoms with Crippen LogP contribution in [-0.4, -0.2) is 32.2 Å². The van der Waals surface area contributed by atoms with Crippen LogP contribution in [0.4, 0.5) is 13.2 Å². The van der Waals surface area contributed by atoms with E-state index in [0.29, 0.717) is 13.1 Å². The second-order valence-corrected chi connectivity index (χ2v) is 4.95. The smallest absolute Gasteiger partial charge is 0.406 e. The molecule has 2 atom stereocenters. The maximum atomic E-state index is 12.1. The third-order valence-electron chi connectivity index (χ3n) is 3.37. The van der Waals surface area contributed by atoms with Crippen molar-refractivity contribution in [2.75, 3.05) is 19.7 Å². The standard InChI is InChI=1S/C14H19F3N2O2/c15-14(16,17)21-11-5-3-10(4-6-11)13(8-18)19-9-12-2-1-7-20-12/h3-6,12-13,19H,1-2,7-9,18H2. The van der Waals surface area contributed by atoms with Crippen LogP contribution < -0.4 is 15.8 Å². The Labute approximate surface area is 121 Å². The van der Waals surface area contributed by atoms with E-state index in [-0.39, 0.29) is 17.9 Å². The van der Waals surface area contributed by atoms with E-state index in [2.05, 4.69) is 10.1 Å². The number of ether oxygens (including phenoxy) is 2. The van der Waals surface area contributed by atoms with Gasteiger partial charge in [-0.05, 0) is 30.5 Å². The molecule has 0 aliphatic carbocycles. The van der Waals surface area contributed by atoms with Crippen LogP contribution in [0, 0.1) is 0 Å². The minimum Gasteiger partial charge on any atom is -0.406 e. The van der Waals surface area contributed by atoms with Crippen LogP contribution in [0.1, 0.15) is 24.4 Å². The zero-order chi connectivity index (χ0) is 15.3. The van der Waals surface area contributed by atoms with Crippen molar-refractivity contribution in [2.24, 2.45) is 5.73 Å². The minimum atomic E-state index is -4.67. The average molecular weight is 304 g/mol. The fourth-order valence-corrected chi connectivity index (χ4v) is 2.32. The summed E-state index contributed by atoms with van der Waals surface area (Å²) in [6.45, 7) is 1.82. The number of hydrogen-bond donors (Lipinski definition) is 2. The SMILES string of the molecule is NCC(NCC1CCCO1)c1ccc(OC(F)(F)F)cc1. The highest BCUT2D eigenvalue weighted by molar-refractivity contribution is 5.29. The fraction of sp³-hybridized carbons (Fsp3) is 0.571.